The van der Waals surface area contributed by atoms with Gasteiger partial charge in [0.25, 0.3) is 0 Å². The van der Waals surface area contributed by atoms with Gasteiger partial charge in [-0.1, -0.05) is 24.3 Å². The second-order valence-electron chi connectivity index (χ2n) is 3.01. The van der Waals surface area contributed by atoms with E-state index in [2.05, 4.69) is 0 Å². The summed E-state index contributed by atoms with van der Waals surface area (Å²) >= 11 is 0. The Kier molecular flexibility index (Phi) is 1.64. The highest BCUT2D eigenvalue weighted by molar-refractivity contribution is 6.02. The summed E-state index contributed by atoms with van der Waals surface area (Å²) in [5.74, 6) is -1.42. The van der Waals surface area contributed by atoms with E-state index in [1.54, 1.807) is 24.3 Å². The van der Waals surface area contributed by atoms with Crippen LogP contribution in [0.1, 0.15) is 0 Å². The van der Waals surface area contributed by atoms with Gasteiger partial charge in [-0.05, 0) is 0 Å². The van der Waals surface area contributed by atoms with Crippen molar-refractivity contribution in [1.29, 1.82) is 0 Å². The largest absolute Gasteiger partial charge is 0.504 e. The number of fused-ring (bicyclic) bond motifs is 1. The fourth-order valence-corrected chi connectivity index (χ4v) is 1.42. The fraction of sp³-hybridized carbons (Fsp3) is 0. The van der Waals surface area contributed by atoms with Crippen molar-refractivity contribution in [2.75, 3.05) is 5.73 Å². The summed E-state index contributed by atoms with van der Waals surface area (Å²) in [5, 5.41) is 29.1. The molecule has 0 fully saturated rings. The van der Waals surface area contributed by atoms with E-state index in [-0.39, 0.29) is 11.4 Å². The predicted octanol–water partition coefficient (Wildman–Crippen LogP) is 1.54. The Bertz CT molecular complexity index is 462. The molecule has 72 valence electrons. The minimum Gasteiger partial charge on any atom is -0.504 e. The molecule has 0 unspecified atom stereocenters. The third-order valence-electron chi connectivity index (χ3n) is 2.18. The highest BCUT2D eigenvalue weighted by Gasteiger charge is 2.15. The van der Waals surface area contributed by atoms with Crippen LogP contribution in [0, 0.1) is 0 Å². The minimum atomic E-state index is -0.582. The standard InChI is InChI=1S/C10H9NO3/c11-7-5-3-1-2-4-6(5)8(12)10(14)9(7)13/h1-4,12-14H,11H2. The predicted molar refractivity (Wildman–Crippen MR) is 53.4 cm³/mol. The monoisotopic (exact) mass is 191 g/mol. The topological polar surface area (TPSA) is 86.7 Å². The SMILES string of the molecule is Nc1c(O)c(O)c(O)c2ccccc12. The van der Waals surface area contributed by atoms with Crippen LogP contribution < -0.4 is 5.73 Å². The van der Waals surface area contributed by atoms with Crippen molar-refractivity contribution in [3.63, 3.8) is 0 Å². The van der Waals surface area contributed by atoms with Gasteiger partial charge < -0.3 is 21.1 Å². The first-order valence-corrected chi connectivity index (χ1v) is 4.04. The highest BCUT2D eigenvalue weighted by Crippen LogP contribution is 2.45. The molecule has 2 rings (SSSR count). The van der Waals surface area contributed by atoms with Crippen molar-refractivity contribution in [1.82, 2.24) is 0 Å². The smallest absolute Gasteiger partial charge is 0.203 e. The van der Waals surface area contributed by atoms with E-state index in [1.807, 2.05) is 0 Å². The van der Waals surface area contributed by atoms with E-state index in [1.165, 1.54) is 0 Å². The number of hydrogen-bond donors (Lipinski definition) is 4. The number of hydrogen-bond acceptors (Lipinski definition) is 4. The summed E-state index contributed by atoms with van der Waals surface area (Å²) in [6.07, 6.45) is 0. The molecule has 0 heterocycles. The lowest BCUT2D eigenvalue weighted by Gasteiger charge is -2.08. The molecule has 5 N–H and O–H groups in total. The van der Waals surface area contributed by atoms with Crippen LogP contribution in [0.2, 0.25) is 0 Å². The molecule has 0 amide bonds. The van der Waals surface area contributed by atoms with Crippen molar-refractivity contribution < 1.29 is 15.3 Å². The van der Waals surface area contributed by atoms with Crippen LogP contribution in [0.5, 0.6) is 17.2 Å². The average Bonchev–Trinajstić information content (AvgIpc) is 2.23. The molecule has 0 aliphatic rings. The molecule has 0 radical (unpaired) electrons. The van der Waals surface area contributed by atoms with Crippen LogP contribution in [-0.2, 0) is 0 Å². The van der Waals surface area contributed by atoms with Crippen LogP contribution >= 0.6 is 0 Å². The Balaban J connectivity index is 3.02. The molecular formula is C10H9NO3. The molecule has 2 aromatic rings. The number of phenols is 3. The molecule has 0 bridgehead atoms. The van der Waals surface area contributed by atoms with Crippen molar-refractivity contribution in [3.8, 4) is 17.2 Å². The Morgan fingerprint density at radius 3 is 2.00 bits per heavy atom. The Morgan fingerprint density at radius 2 is 1.36 bits per heavy atom. The van der Waals surface area contributed by atoms with E-state index in [0.29, 0.717) is 10.8 Å². The molecule has 0 aliphatic carbocycles. The van der Waals surface area contributed by atoms with E-state index in [9.17, 15) is 15.3 Å². The van der Waals surface area contributed by atoms with Crippen LogP contribution in [0.4, 0.5) is 5.69 Å². The third kappa shape index (κ3) is 0.939. The number of phenolic OH excluding ortho intramolecular Hbond substituents is 3. The number of aromatic hydroxyl groups is 3. The highest BCUT2D eigenvalue weighted by atomic mass is 16.3. The molecule has 2 aromatic carbocycles. The van der Waals surface area contributed by atoms with Gasteiger partial charge in [0.2, 0.25) is 5.75 Å². The maximum absolute atomic E-state index is 9.50. The van der Waals surface area contributed by atoms with Crippen molar-refractivity contribution >= 4 is 16.5 Å². The first kappa shape index (κ1) is 8.50. The van der Waals surface area contributed by atoms with Gasteiger partial charge >= 0.3 is 0 Å². The molecule has 0 aromatic heterocycles. The number of nitrogens with two attached hydrogens (primary N) is 1. The van der Waals surface area contributed by atoms with E-state index in [4.69, 9.17) is 5.73 Å². The summed E-state index contributed by atoms with van der Waals surface area (Å²) in [7, 11) is 0. The lowest BCUT2D eigenvalue weighted by molar-refractivity contribution is 0.372. The Labute approximate surface area is 79.8 Å². The molecule has 4 heteroatoms. The van der Waals surface area contributed by atoms with Crippen LogP contribution in [0.3, 0.4) is 0 Å². The zero-order chi connectivity index (χ0) is 10.3. The van der Waals surface area contributed by atoms with Crippen molar-refractivity contribution in [2.24, 2.45) is 0 Å². The van der Waals surface area contributed by atoms with Gasteiger partial charge in [0, 0.05) is 10.8 Å². The summed E-state index contributed by atoms with van der Waals surface area (Å²) in [6, 6.07) is 6.70. The molecule has 0 aliphatic heterocycles. The third-order valence-corrected chi connectivity index (χ3v) is 2.18. The quantitative estimate of drug-likeness (QED) is 0.289. The van der Waals surface area contributed by atoms with Crippen molar-refractivity contribution in [2.45, 2.75) is 0 Å². The maximum atomic E-state index is 9.50. The minimum absolute atomic E-state index is 0.0656. The molecule has 0 saturated heterocycles. The van der Waals surface area contributed by atoms with Gasteiger partial charge in [-0.25, -0.2) is 0 Å². The van der Waals surface area contributed by atoms with Crippen molar-refractivity contribution in [3.05, 3.63) is 24.3 Å². The van der Waals surface area contributed by atoms with Gasteiger partial charge in [-0.3, -0.25) is 0 Å². The second kappa shape index (κ2) is 2.70. The van der Waals surface area contributed by atoms with Crippen LogP contribution in [0.25, 0.3) is 10.8 Å². The summed E-state index contributed by atoms with van der Waals surface area (Å²) in [6.45, 7) is 0. The molecule has 4 nitrogen and oxygen atoms in total. The van der Waals surface area contributed by atoms with Crippen LogP contribution in [0.15, 0.2) is 24.3 Å². The zero-order valence-electron chi connectivity index (χ0n) is 7.23. The zero-order valence-corrected chi connectivity index (χ0v) is 7.23. The maximum Gasteiger partial charge on any atom is 0.203 e. The summed E-state index contributed by atoms with van der Waals surface area (Å²) in [4.78, 5) is 0. The van der Waals surface area contributed by atoms with Gasteiger partial charge in [0.1, 0.15) is 0 Å². The van der Waals surface area contributed by atoms with Crippen LogP contribution in [-0.4, -0.2) is 15.3 Å². The lowest BCUT2D eigenvalue weighted by Crippen LogP contribution is -1.89. The van der Waals surface area contributed by atoms with E-state index >= 15 is 0 Å². The summed E-state index contributed by atoms with van der Waals surface area (Å²) < 4.78 is 0. The number of anilines is 1. The lowest BCUT2D eigenvalue weighted by atomic mass is 10.1. The normalized spacial score (nSPS) is 10.6. The molecular weight excluding hydrogens is 182 g/mol. The number of benzene rings is 2. The van der Waals surface area contributed by atoms with Gasteiger partial charge in [-0.2, -0.15) is 0 Å². The Hall–Kier alpha value is -2.10. The molecule has 0 atom stereocenters. The molecule has 0 saturated carbocycles. The van der Waals surface area contributed by atoms with E-state index < -0.39 is 11.5 Å². The fourth-order valence-electron chi connectivity index (χ4n) is 1.42. The number of nitrogen functional groups attached to an aromatic ring is 1. The van der Waals surface area contributed by atoms with Gasteiger partial charge in [0.15, 0.2) is 11.5 Å². The van der Waals surface area contributed by atoms with Gasteiger partial charge in [-0.15, -0.1) is 0 Å². The molecule has 0 spiro atoms. The first-order chi connectivity index (χ1) is 6.63. The second-order valence-corrected chi connectivity index (χ2v) is 3.01. The van der Waals surface area contributed by atoms with Gasteiger partial charge in [0.05, 0.1) is 5.69 Å². The number of rotatable bonds is 0. The summed E-state index contributed by atoms with van der Waals surface area (Å²) in [5.41, 5.74) is 5.63. The average molecular weight is 191 g/mol. The first-order valence-electron chi connectivity index (χ1n) is 4.04. The molecule has 14 heavy (non-hydrogen) atoms. The van der Waals surface area contributed by atoms with E-state index in [0.717, 1.165) is 0 Å². The Morgan fingerprint density at radius 1 is 0.786 bits per heavy atom.